The minimum absolute atomic E-state index is 0.286. The van der Waals surface area contributed by atoms with E-state index < -0.39 is 0 Å². The molecule has 2 saturated heterocycles. The number of hydrogen-bond donors (Lipinski definition) is 0. The Morgan fingerprint density at radius 1 is 0.553 bits per heavy atom. The van der Waals surface area contributed by atoms with E-state index in [2.05, 4.69) is 98.0 Å². The molecule has 10 rings (SSSR count). The Kier molecular flexibility index (Phi) is 4.46. The number of thioether (sulfide) groups is 2. The summed E-state index contributed by atoms with van der Waals surface area (Å²) in [5.41, 5.74) is 1.17. The lowest BCUT2D eigenvalue weighted by atomic mass is 9.61. The highest BCUT2D eigenvalue weighted by Gasteiger charge is 2.87. The Morgan fingerprint density at radius 2 is 0.974 bits per heavy atom. The van der Waals surface area contributed by atoms with Gasteiger partial charge in [0.05, 0.1) is 12.2 Å². The van der Waals surface area contributed by atoms with Gasteiger partial charge in [-0.25, -0.2) is 0 Å². The average molecular weight is 543 g/mol. The quantitative estimate of drug-likeness (QED) is 0.392. The molecule has 0 bridgehead atoms. The minimum atomic E-state index is 0.286. The van der Waals surface area contributed by atoms with Crippen LogP contribution in [0.4, 0.5) is 0 Å². The highest BCUT2D eigenvalue weighted by atomic mass is 32.2. The smallest absolute Gasteiger partial charge is 0.114 e. The van der Waals surface area contributed by atoms with E-state index in [-0.39, 0.29) is 10.8 Å². The number of rotatable bonds is 4. The van der Waals surface area contributed by atoms with Crippen molar-refractivity contribution in [3.8, 4) is 0 Å². The molecule has 6 saturated carbocycles. The fourth-order valence-corrected chi connectivity index (χ4v) is 16.0. The number of hydrogen-bond acceptors (Lipinski definition) is 4. The van der Waals surface area contributed by atoms with E-state index in [1.807, 2.05) is 0 Å². The van der Waals surface area contributed by atoms with Crippen LogP contribution in [0, 0.1) is 70.0 Å². The fraction of sp³-hybridized carbons (Fsp3) is 0.647. The molecule has 8 fully saturated rings. The lowest BCUT2D eigenvalue weighted by Gasteiger charge is -2.53. The van der Waals surface area contributed by atoms with Gasteiger partial charge in [0, 0.05) is 20.6 Å². The van der Waals surface area contributed by atoms with Gasteiger partial charge in [0.15, 0.2) is 0 Å². The van der Waals surface area contributed by atoms with E-state index in [4.69, 9.17) is 9.47 Å². The number of benzene rings is 2. The first-order valence-corrected chi connectivity index (χ1v) is 17.1. The molecular weight excluding hydrogens is 505 g/mol. The van der Waals surface area contributed by atoms with Gasteiger partial charge >= 0.3 is 0 Å². The lowest BCUT2D eigenvalue weighted by Crippen LogP contribution is -2.54. The van der Waals surface area contributed by atoms with Gasteiger partial charge in [-0.3, -0.25) is 0 Å². The van der Waals surface area contributed by atoms with Crippen molar-refractivity contribution in [1.29, 1.82) is 0 Å². The van der Waals surface area contributed by atoms with Crippen molar-refractivity contribution in [2.75, 3.05) is 0 Å². The van der Waals surface area contributed by atoms with E-state index in [1.54, 1.807) is 0 Å². The van der Waals surface area contributed by atoms with Gasteiger partial charge in [0.25, 0.3) is 0 Å². The maximum Gasteiger partial charge on any atom is 0.114 e. The summed E-state index contributed by atoms with van der Waals surface area (Å²) >= 11 is 4.14. The molecule has 0 unspecified atom stereocenters. The maximum atomic E-state index is 7.31. The molecular formula is C34H38O2S2. The van der Waals surface area contributed by atoms with Gasteiger partial charge in [-0.15, -0.1) is 0 Å². The molecule has 198 valence electrons. The van der Waals surface area contributed by atoms with Crippen LogP contribution in [0.15, 0.2) is 70.5 Å². The van der Waals surface area contributed by atoms with Gasteiger partial charge in [0.1, 0.15) is 10.9 Å². The molecule has 38 heavy (non-hydrogen) atoms. The second-order valence-electron chi connectivity index (χ2n) is 14.5. The monoisotopic (exact) mass is 542 g/mol. The molecule has 2 nitrogen and oxygen atoms in total. The highest BCUT2D eigenvalue weighted by Crippen LogP contribution is 2.88. The fourth-order valence-electron chi connectivity index (χ4n) is 13.3. The van der Waals surface area contributed by atoms with Crippen LogP contribution in [0.1, 0.15) is 39.5 Å². The summed E-state index contributed by atoms with van der Waals surface area (Å²) in [4.78, 5) is 2.79. The van der Waals surface area contributed by atoms with Crippen LogP contribution in [-0.4, -0.2) is 23.1 Å². The lowest BCUT2D eigenvalue weighted by molar-refractivity contribution is -0.160. The van der Waals surface area contributed by atoms with Crippen LogP contribution in [0.25, 0.3) is 0 Å². The average Bonchev–Trinajstić information content (AvgIpc) is 3.73. The molecule has 2 aliphatic heterocycles. The minimum Gasteiger partial charge on any atom is -0.363 e. The summed E-state index contributed by atoms with van der Waals surface area (Å²) in [6, 6.07) is 22.4. The van der Waals surface area contributed by atoms with Crippen LogP contribution in [-0.2, 0) is 9.47 Å². The Labute approximate surface area is 235 Å². The third-order valence-corrected chi connectivity index (χ3v) is 16.5. The standard InChI is InChI=1S/C34H38O2S2/c1-33-27-19-13-15-22-24(19)30-25(27)26-28(34(30,2)32(36-22)38-18-11-7-4-8-12-18)20-14-16-21(23(20)29(26)33)35-31(33)37-17-9-5-3-6-10-17/h3-12,19-32H,13-16H2,1-2H3/t19-,20-,21-,22-,23+,24+,25+,26+,27-,28+,29-,30-,31-,32-,33+,34+/m1/s1. The zero-order chi connectivity index (χ0) is 25.0. The van der Waals surface area contributed by atoms with Crippen molar-refractivity contribution in [2.24, 2.45) is 70.0 Å². The van der Waals surface area contributed by atoms with Crippen molar-refractivity contribution < 1.29 is 9.47 Å². The van der Waals surface area contributed by atoms with Crippen LogP contribution in [0.2, 0.25) is 0 Å². The topological polar surface area (TPSA) is 18.5 Å². The van der Waals surface area contributed by atoms with Crippen molar-refractivity contribution in [1.82, 2.24) is 0 Å². The van der Waals surface area contributed by atoms with Crippen LogP contribution in [0.5, 0.6) is 0 Å². The first-order chi connectivity index (χ1) is 18.6. The van der Waals surface area contributed by atoms with E-state index in [0.717, 1.165) is 59.2 Å². The van der Waals surface area contributed by atoms with E-state index in [0.29, 0.717) is 23.1 Å². The maximum absolute atomic E-state index is 7.31. The van der Waals surface area contributed by atoms with Crippen LogP contribution in [0.3, 0.4) is 0 Å². The summed E-state index contributed by atoms with van der Waals surface area (Å²) < 4.78 is 14.6. The molecule has 0 radical (unpaired) electrons. The molecule has 0 aromatic heterocycles. The number of fused-ring (bicyclic) bond motifs is 4. The zero-order valence-electron chi connectivity index (χ0n) is 22.3. The molecule has 6 aliphatic carbocycles. The molecule has 8 aliphatic rings. The van der Waals surface area contributed by atoms with Gasteiger partial charge in [0.2, 0.25) is 0 Å². The molecule has 2 aromatic rings. The highest BCUT2D eigenvalue weighted by molar-refractivity contribution is 8.00. The van der Waals surface area contributed by atoms with Crippen LogP contribution < -0.4 is 0 Å². The molecule has 2 aromatic carbocycles. The molecule has 0 N–H and O–H groups in total. The molecule has 2 heterocycles. The van der Waals surface area contributed by atoms with E-state index >= 15 is 0 Å². The van der Waals surface area contributed by atoms with Gasteiger partial charge in [-0.05, 0) is 109 Å². The summed E-state index contributed by atoms with van der Waals surface area (Å²) in [6.07, 6.45) is 6.27. The summed E-state index contributed by atoms with van der Waals surface area (Å²) in [5, 5.41) is 0. The Morgan fingerprint density at radius 3 is 1.39 bits per heavy atom. The predicted octanol–water partition coefficient (Wildman–Crippen LogP) is 7.84. The van der Waals surface area contributed by atoms with Gasteiger partial charge < -0.3 is 9.47 Å². The SMILES string of the molecule is C[C@]12[C@H]3[C@H]4[C@@H]5[C@H]6[C@H]7[C@@H](CC[C@H]7O[C@H](Sc7ccccc7)[C@@]6(C)[C@H]4[C@@H]4CC[C@@H](O[C@@H]1Sc1ccccc1)[C@H]43)[C@H]52. The predicted molar refractivity (Wildman–Crippen MR) is 152 cm³/mol. The van der Waals surface area contributed by atoms with Crippen molar-refractivity contribution in [2.45, 2.75) is 72.4 Å². The third-order valence-electron chi connectivity index (χ3n) is 13.7. The van der Waals surface area contributed by atoms with E-state index in [9.17, 15) is 0 Å². The van der Waals surface area contributed by atoms with E-state index in [1.165, 1.54) is 35.5 Å². The first kappa shape index (κ1) is 22.7. The largest absolute Gasteiger partial charge is 0.363 e. The Balaban J connectivity index is 1.13. The van der Waals surface area contributed by atoms with Gasteiger partial charge in [-0.2, -0.15) is 0 Å². The summed E-state index contributed by atoms with van der Waals surface area (Å²) in [5.74, 6) is 8.36. The van der Waals surface area contributed by atoms with Crippen LogP contribution >= 0.6 is 23.5 Å². The Hall–Kier alpha value is -0.940. The molecule has 4 heteroatoms. The number of ether oxygens (including phenoxy) is 2. The molecule has 0 spiro atoms. The normalized spacial score (nSPS) is 57.5. The molecule has 16 atom stereocenters. The van der Waals surface area contributed by atoms with Crippen molar-refractivity contribution in [3.63, 3.8) is 0 Å². The van der Waals surface area contributed by atoms with Crippen molar-refractivity contribution in [3.05, 3.63) is 60.7 Å². The summed E-state index contributed by atoms with van der Waals surface area (Å²) in [6.45, 7) is 5.46. The molecule has 0 amide bonds. The second-order valence-corrected chi connectivity index (χ2v) is 16.8. The second kappa shape index (κ2) is 7.46. The zero-order valence-corrected chi connectivity index (χ0v) is 24.0. The van der Waals surface area contributed by atoms with Crippen molar-refractivity contribution >= 4 is 23.5 Å². The summed E-state index contributed by atoms with van der Waals surface area (Å²) in [7, 11) is 0. The Bertz CT molecular complexity index is 1190. The van der Waals surface area contributed by atoms with Gasteiger partial charge in [-0.1, -0.05) is 73.8 Å². The first-order valence-electron chi connectivity index (χ1n) is 15.3. The third kappa shape index (κ3) is 2.44.